The van der Waals surface area contributed by atoms with Crippen LogP contribution in [0.3, 0.4) is 0 Å². The molecule has 0 amide bonds. The molecule has 1 atom stereocenters. The monoisotopic (exact) mass is 395 g/mol. The zero-order chi connectivity index (χ0) is 20.5. The molecule has 1 unspecified atom stereocenters. The number of guanidine groups is 1. The van der Waals surface area contributed by atoms with Gasteiger partial charge in [0.15, 0.2) is 5.96 Å². The van der Waals surface area contributed by atoms with Crippen LogP contribution in [0, 0.1) is 5.82 Å². The van der Waals surface area contributed by atoms with Crippen molar-refractivity contribution in [2.24, 2.45) is 4.99 Å². The summed E-state index contributed by atoms with van der Waals surface area (Å²) in [5.41, 5.74) is 1.46. The number of ether oxygens (including phenoxy) is 1. The van der Waals surface area contributed by atoms with Crippen molar-refractivity contribution in [3.63, 3.8) is 0 Å². The van der Waals surface area contributed by atoms with Gasteiger partial charge in [-0.25, -0.2) is 4.39 Å². The fraction of sp³-hybridized carbons (Fsp3) is 0.350. The minimum atomic E-state index is -2.85. The summed E-state index contributed by atoms with van der Waals surface area (Å²) in [4.78, 5) is 6.28. The molecular formula is C20H24F3N3O2. The summed E-state index contributed by atoms with van der Waals surface area (Å²) < 4.78 is 41.8. The Bertz CT molecular complexity index is 752. The molecule has 2 N–H and O–H groups in total. The number of benzene rings is 2. The van der Waals surface area contributed by atoms with Gasteiger partial charge in [0, 0.05) is 20.1 Å². The van der Waals surface area contributed by atoms with Gasteiger partial charge in [-0.15, -0.1) is 0 Å². The molecule has 2 aromatic rings. The van der Waals surface area contributed by atoms with Crippen molar-refractivity contribution in [2.45, 2.75) is 26.2 Å². The highest BCUT2D eigenvalue weighted by atomic mass is 19.3. The normalized spacial score (nSPS) is 12.8. The predicted molar refractivity (Wildman–Crippen MR) is 102 cm³/mol. The lowest BCUT2D eigenvalue weighted by atomic mass is 10.1. The molecule has 8 heteroatoms. The number of aliphatic hydroxyl groups excluding tert-OH is 1. The Balaban J connectivity index is 2.00. The Morgan fingerprint density at radius 2 is 1.79 bits per heavy atom. The highest BCUT2D eigenvalue weighted by Gasteiger charge is 2.11. The second kappa shape index (κ2) is 10.6. The number of aliphatic imine (C=N–C) groups is 1. The summed E-state index contributed by atoms with van der Waals surface area (Å²) in [7, 11) is 1.83. The van der Waals surface area contributed by atoms with Crippen molar-refractivity contribution in [1.29, 1.82) is 0 Å². The van der Waals surface area contributed by atoms with E-state index in [1.165, 1.54) is 36.4 Å². The van der Waals surface area contributed by atoms with Crippen LogP contribution in [0.1, 0.15) is 24.2 Å². The quantitative estimate of drug-likeness (QED) is 0.530. The molecule has 0 saturated carbocycles. The van der Waals surface area contributed by atoms with Gasteiger partial charge in [-0.2, -0.15) is 8.78 Å². The van der Waals surface area contributed by atoms with Gasteiger partial charge in [-0.1, -0.05) is 24.3 Å². The Hall–Kier alpha value is -2.74. The standard InChI is InChI=1S/C20H24F3N3O2/c1-3-24-20(25-12-18(27)15-6-8-16(21)9-7-15)26(2)13-14-4-10-17(11-5-14)28-19(22)23/h4-11,18-19,27H,3,12-13H2,1-2H3,(H,24,25). The Labute approximate surface area is 162 Å². The summed E-state index contributed by atoms with van der Waals surface area (Å²) in [5, 5.41) is 13.4. The summed E-state index contributed by atoms with van der Waals surface area (Å²) in [6, 6.07) is 12.0. The van der Waals surface area contributed by atoms with Gasteiger partial charge >= 0.3 is 6.61 Å². The molecule has 0 heterocycles. The fourth-order valence-corrected chi connectivity index (χ4v) is 2.56. The lowest BCUT2D eigenvalue weighted by Crippen LogP contribution is -2.38. The number of halogens is 3. The van der Waals surface area contributed by atoms with Crippen molar-refractivity contribution < 1.29 is 23.0 Å². The number of nitrogens with zero attached hydrogens (tertiary/aromatic N) is 2. The van der Waals surface area contributed by atoms with Crippen LogP contribution in [0.15, 0.2) is 53.5 Å². The first kappa shape index (κ1) is 21.6. The summed E-state index contributed by atoms with van der Waals surface area (Å²) >= 11 is 0. The summed E-state index contributed by atoms with van der Waals surface area (Å²) in [6.45, 7) is 0.300. The molecule has 0 radical (unpaired) electrons. The van der Waals surface area contributed by atoms with Crippen LogP contribution in [-0.2, 0) is 6.54 Å². The van der Waals surface area contributed by atoms with E-state index in [1.807, 2.05) is 18.9 Å². The maximum atomic E-state index is 13.0. The Morgan fingerprint density at radius 1 is 1.14 bits per heavy atom. The predicted octanol–water partition coefficient (Wildman–Crippen LogP) is 3.56. The minimum absolute atomic E-state index is 0.101. The SMILES string of the molecule is CCNC(=NCC(O)c1ccc(F)cc1)N(C)Cc1ccc(OC(F)F)cc1. The number of hydrogen-bond acceptors (Lipinski definition) is 3. The molecule has 5 nitrogen and oxygen atoms in total. The van der Waals surface area contributed by atoms with Crippen molar-refractivity contribution in [1.82, 2.24) is 10.2 Å². The second-order valence-electron chi connectivity index (χ2n) is 6.14. The van der Waals surface area contributed by atoms with E-state index in [0.29, 0.717) is 24.6 Å². The van der Waals surface area contributed by atoms with E-state index in [-0.39, 0.29) is 18.1 Å². The maximum Gasteiger partial charge on any atom is 0.387 e. The number of nitrogens with one attached hydrogen (secondary N) is 1. The van der Waals surface area contributed by atoms with E-state index in [2.05, 4.69) is 15.0 Å². The van der Waals surface area contributed by atoms with Crippen LogP contribution in [0.5, 0.6) is 5.75 Å². The third kappa shape index (κ3) is 6.77. The molecule has 0 aliphatic heterocycles. The molecule has 0 aliphatic rings. The Kier molecular flexibility index (Phi) is 8.13. The van der Waals surface area contributed by atoms with Crippen LogP contribution in [0.2, 0.25) is 0 Å². The van der Waals surface area contributed by atoms with Crippen LogP contribution < -0.4 is 10.1 Å². The highest BCUT2D eigenvalue weighted by Crippen LogP contribution is 2.16. The molecule has 0 bridgehead atoms. The van der Waals surface area contributed by atoms with Gasteiger partial charge < -0.3 is 20.1 Å². The third-order valence-corrected chi connectivity index (χ3v) is 3.93. The molecule has 0 aliphatic carbocycles. The van der Waals surface area contributed by atoms with Gasteiger partial charge in [-0.05, 0) is 42.3 Å². The molecule has 152 valence electrons. The van der Waals surface area contributed by atoms with Crippen molar-refractivity contribution in [3.8, 4) is 5.75 Å². The van der Waals surface area contributed by atoms with E-state index in [9.17, 15) is 18.3 Å². The van der Waals surface area contributed by atoms with Gasteiger partial charge in [0.1, 0.15) is 11.6 Å². The number of alkyl halides is 2. The van der Waals surface area contributed by atoms with Crippen molar-refractivity contribution >= 4 is 5.96 Å². The lowest BCUT2D eigenvalue weighted by Gasteiger charge is -2.23. The molecule has 28 heavy (non-hydrogen) atoms. The first-order valence-electron chi connectivity index (χ1n) is 8.85. The van der Waals surface area contributed by atoms with Crippen LogP contribution in [0.25, 0.3) is 0 Å². The summed E-state index contributed by atoms with van der Waals surface area (Å²) in [5.74, 6) is 0.318. The number of aliphatic hydroxyl groups is 1. The average Bonchev–Trinajstić information content (AvgIpc) is 2.66. The molecular weight excluding hydrogens is 371 g/mol. The fourth-order valence-electron chi connectivity index (χ4n) is 2.56. The number of rotatable bonds is 8. The molecule has 0 saturated heterocycles. The van der Waals surface area contributed by atoms with Crippen molar-refractivity contribution in [2.75, 3.05) is 20.1 Å². The average molecular weight is 395 g/mol. The van der Waals surface area contributed by atoms with E-state index >= 15 is 0 Å². The summed E-state index contributed by atoms with van der Waals surface area (Å²) in [6.07, 6.45) is -0.853. The van der Waals surface area contributed by atoms with E-state index < -0.39 is 12.7 Å². The van der Waals surface area contributed by atoms with Gasteiger partial charge in [0.05, 0.1) is 12.6 Å². The largest absolute Gasteiger partial charge is 0.435 e. The van der Waals surface area contributed by atoms with E-state index in [1.54, 1.807) is 12.1 Å². The first-order valence-corrected chi connectivity index (χ1v) is 8.85. The molecule has 0 spiro atoms. The molecule has 0 fully saturated rings. The smallest absolute Gasteiger partial charge is 0.387 e. The minimum Gasteiger partial charge on any atom is -0.435 e. The van der Waals surface area contributed by atoms with Crippen molar-refractivity contribution in [3.05, 3.63) is 65.5 Å². The second-order valence-corrected chi connectivity index (χ2v) is 6.14. The van der Waals surface area contributed by atoms with Gasteiger partial charge in [0.2, 0.25) is 0 Å². The van der Waals surface area contributed by atoms with Gasteiger partial charge in [-0.3, -0.25) is 4.99 Å². The first-order chi connectivity index (χ1) is 13.4. The van der Waals surface area contributed by atoms with E-state index in [4.69, 9.17) is 0 Å². The van der Waals surface area contributed by atoms with Gasteiger partial charge in [0.25, 0.3) is 0 Å². The molecule has 2 aromatic carbocycles. The van der Waals surface area contributed by atoms with Crippen LogP contribution >= 0.6 is 0 Å². The van der Waals surface area contributed by atoms with Crippen LogP contribution in [-0.4, -0.2) is 42.7 Å². The zero-order valence-electron chi connectivity index (χ0n) is 15.8. The third-order valence-electron chi connectivity index (χ3n) is 3.93. The number of hydrogen-bond donors (Lipinski definition) is 2. The van der Waals surface area contributed by atoms with Crippen LogP contribution in [0.4, 0.5) is 13.2 Å². The lowest BCUT2D eigenvalue weighted by molar-refractivity contribution is -0.0498. The highest BCUT2D eigenvalue weighted by molar-refractivity contribution is 5.79. The molecule has 0 aromatic heterocycles. The zero-order valence-corrected chi connectivity index (χ0v) is 15.8. The molecule has 2 rings (SSSR count). The topological polar surface area (TPSA) is 57.1 Å². The Morgan fingerprint density at radius 3 is 2.36 bits per heavy atom. The van der Waals surface area contributed by atoms with E-state index in [0.717, 1.165) is 5.56 Å². The maximum absolute atomic E-state index is 13.0.